The van der Waals surface area contributed by atoms with Gasteiger partial charge in [-0.3, -0.25) is 4.79 Å². The highest BCUT2D eigenvalue weighted by molar-refractivity contribution is 14.1. The molecule has 2 aromatic heterocycles. The number of alkyl carbamates (subject to hydrolysis) is 2. The van der Waals surface area contributed by atoms with Gasteiger partial charge in [0.15, 0.2) is 10.3 Å². The Morgan fingerprint density at radius 3 is 2.15 bits per heavy atom. The number of rotatable bonds is 12. The molecule has 5 heterocycles. The monoisotopic (exact) mass is 1240 g/mol. The second-order valence-corrected chi connectivity index (χ2v) is 27.1. The predicted octanol–water partition coefficient (Wildman–Crippen LogP) is 13.7. The van der Waals surface area contributed by atoms with Crippen LogP contribution in [0.5, 0.6) is 0 Å². The van der Waals surface area contributed by atoms with Crippen molar-refractivity contribution in [3.8, 4) is 22.3 Å². The molecule has 3 aliphatic heterocycles. The Morgan fingerprint density at radius 1 is 0.793 bits per heavy atom. The number of aryl methyl sites for hydroxylation is 5. The number of hydrogen-bond acceptors (Lipinski definition) is 8. The Balaban J connectivity index is 0.784. The Labute approximate surface area is 489 Å². The first kappa shape index (κ1) is 56.3. The number of piperidine rings is 1. The number of carbonyl (C=O) groups excluding carboxylic acids is 3. The maximum absolute atomic E-state index is 14.5. The van der Waals surface area contributed by atoms with Crippen molar-refractivity contribution in [2.24, 2.45) is 36.6 Å². The summed E-state index contributed by atoms with van der Waals surface area (Å²) < 4.78 is 63.6. The van der Waals surface area contributed by atoms with E-state index in [1.54, 1.807) is 22.6 Å². The molecule has 0 spiro atoms. The maximum Gasteiger partial charge on any atom is 0.422 e. The number of hydrogen-bond donors (Lipinski definition) is 3. The number of nitrogens with zero attached hydrogens (tertiary/aromatic N) is 5. The predicted molar refractivity (Wildman–Crippen MR) is 316 cm³/mol. The molecule has 3 amide bonds. The van der Waals surface area contributed by atoms with E-state index in [9.17, 15) is 31.9 Å². The topological polar surface area (TPSA) is 147 Å². The Kier molecular flexibility index (Phi) is 15.2. The summed E-state index contributed by atoms with van der Waals surface area (Å²) in [6.07, 6.45) is 5.74. The number of amides is 3. The van der Waals surface area contributed by atoms with Crippen molar-refractivity contribution < 1.29 is 41.4 Å². The fourth-order valence-electron chi connectivity index (χ4n) is 15.3. The molecule has 13 nitrogen and oxygen atoms in total. The Morgan fingerprint density at radius 2 is 1.45 bits per heavy atom. The highest BCUT2D eigenvalue weighted by atomic mass is 127. The second kappa shape index (κ2) is 22.1. The number of ether oxygens (including phenoxy) is 2. The lowest BCUT2D eigenvalue weighted by molar-refractivity contribution is -0.160. The van der Waals surface area contributed by atoms with Gasteiger partial charge in [0, 0.05) is 24.8 Å². The first-order chi connectivity index (χ1) is 39.2. The average molecular weight is 1240 g/mol. The number of halogens is 5. The molecule has 4 bridgehead atoms. The molecule has 6 aromatic rings. The smallest absolute Gasteiger partial charge is 0.422 e. The lowest BCUT2D eigenvalue weighted by atomic mass is 9.68. The van der Waals surface area contributed by atoms with E-state index in [0.717, 1.165) is 128 Å². The highest BCUT2D eigenvalue weighted by Crippen LogP contribution is 2.54. The quantitative estimate of drug-likeness (QED) is 0.0624. The van der Waals surface area contributed by atoms with Crippen LogP contribution >= 0.6 is 22.6 Å². The van der Waals surface area contributed by atoms with Gasteiger partial charge in [-0.25, -0.2) is 23.9 Å². The molecule has 0 radical (unpaired) electrons. The number of aromatic amines is 1. The summed E-state index contributed by atoms with van der Waals surface area (Å²) in [6, 6.07) is 25.2. The van der Waals surface area contributed by atoms with Gasteiger partial charge in [-0.2, -0.15) is 13.2 Å². The van der Waals surface area contributed by atoms with Crippen LogP contribution in [0.3, 0.4) is 0 Å². The summed E-state index contributed by atoms with van der Waals surface area (Å²) in [4.78, 5) is 58.8. The Hall–Kier alpha value is -6.18. The number of likely N-dealkylation sites (tertiary alicyclic amines) is 1. The van der Waals surface area contributed by atoms with Crippen molar-refractivity contribution in [1.82, 2.24) is 40.0 Å². The van der Waals surface area contributed by atoms with Crippen LogP contribution in [-0.2, 0) is 47.0 Å². The third kappa shape index (κ3) is 11.0. The van der Waals surface area contributed by atoms with Crippen LogP contribution in [0, 0.1) is 29.6 Å². The summed E-state index contributed by atoms with van der Waals surface area (Å²) in [7, 11) is 2.05. The highest BCUT2D eigenvalue weighted by Gasteiger charge is 2.58. The molecule has 3 N–H and O–H groups in total. The van der Waals surface area contributed by atoms with Crippen LogP contribution in [0.1, 0.15) is 131 Å². The van der Waals surface area contributed by atoms with Crippen LogP contribution in [0.25, 0.3) is 44.3 Å². The van der Waals surface area contributed by atoms with Crippen molar-refractivity contribution in [2.75, 3.05) is 13.2 Å². The van der Waals surface area contributed by atoms with E-state index < -0.39 is 47.3 Å². The fourth-order valence-corrected chi connectivity index (χ4v) is 15.4. The van der Waals surface area contributed by atoms with Gasteiger partial charge in [-0.15, -0.1) is 0 Å². The van der Waals surface area contributed by atoms with E-state index in [-0.39, 0.29) is 47.8 Å². The molecule has 5 fully saturated rings. The van der Waals surface area contributed by atoms with E-state index in [1.165, 1.54) is 40.3 Å². The fraction of sp³-hybridized carbons (Fsp3) is 0.516. The molecule has 82 heavy (non-hydrogen) atoms. The van der Waals surface area contributed by atoms with E-state index >= 15 is 0 Å². The van der Waals surface area contributed by atoms with Gasteiger partial charge in [0.05, 0.1) is 40.2 Å². The van der Waals surface area contributed by atoms with Gasteiger partial charge < -0.3 is 39.5 Å². The maximum atomic E-state index is 14.5. The number of alkyl halides is 5. The lowest BCUT2D eigenvalue weighted by Crippen LogP contribution is -2.63. The molecule has 11 atom stereocenters. The minimum atomic E-state index is -4.63. The molecule has 434 valence electrons. The van der Waals surface area contributed by atoms with Gasteiger partial charge in [0.25, 0.3) is 0 Å². The van der Waals surface area contributed by atoms with E-state index in [0.29, 0.717) is 17.5 Å². The van der Waals surface area contributed by atoms with Crippen molar-refractivity contribution in [2.45, 2.75) is 157 Å². The molecule has 3 saturated heterocycles. The minimum absolute atomic E-state index is 0.0648. The number of benzene rings is 4. The first-order valence-electron chi connectivity index (χ1n) is 29.5. The second-order valence-electron chi connectivity index (χ2n) is 24.9. The number of aromatic nitrogens is 4. The molecule has 15 rings (SSSR count). The molecule has 3 unspecified atom stereocenters. The van der Waals surface area contributed by atoms with Gasteiger partial charge in [0.1, 0.15) is 24.3 Å². The van der Waals surface area contributed by atoms with Gasteiger partial charge >= 0.3 is 18.4 Å². The first-order valence-corrected chi connectivity index (χ1v) is 30.5. The van der Waals surface area contributed by atoms with Crippen molar-refractivity contribution >= 4 is 62.8 Å². The van der Waals surface area contributed by atoms with E-state index in [2.05, 4.69) is 116 Å². The SMILES string of the molecule is C=C([C@@H](NC(=O)OCC(F)(F)F)C(C)C)N1[C@H](c2nc3cc(-c4cc5ccc4CCc4ccc(c(-c6ccc7nc([C@@H]8C[C@@H]9CCCC%10C(C)[C@H](NC(=O)OCC(C)(F)I)C(=O)N8[C@@H]%109)[nH]c7c6)c4)CC5)ccc3n2C)C[C@@H]2CCCC[C@@H]21. The van der Waals surface area contributed by atoms with E-state index in [1.807, 2.05) is 25.7 Å². The largest absolute Gasteiger partial charge is 0.445 e. The van der Waals surface area contributed by atoms with Crippen LogP contribution in [0.2, 0.25) is 0 Å². The summed E-state index contributed by atoms with van der Waals surface area (Å²) in [5.41, 5.74) is 13.8. The zero-order valence-corrected chi connectivity index (χ0v) is 49.4. The number of imidazole rings is 2. The molecule has 9 aliphatic rings. The van der Waals surface area contributed by atoms with Crippen LogP contribution in [0.4, 0.5) is 27.2 Å². The third-order valence-corrected chi connectivity index (χ3v) is 19.4. The Bertz CT molecular complexity index is 3460. The number of carbonyl (C=O) groups is 3. The minimum Gasteiger partial charge on any atom is -0.445 e. The summed E-state index contributed by atoms with van der Waals surface area (Å²) in [6.45, 7) is 9.71. The van der Waals surface area contributed by atoms with Crippen molar-refractivity contribution in [1.29, 1.82) is 0 Å². The summed E-state index contributed by atoms with van der Waals surface area (Å²) in [5.74, 6) is 2.20. The number of nitrogens with one attached hydrogen (secondary N) is 3. The zero-order chi connectivity index (χ0) is 57.5. The number of H-pyrrole nitrogens is 1. The molecular weight excluding hydrogens is 1160 g/mol. The normalized spacial score (nSPS) is 26.3. The van der Waals surface area contributed by atoms with Crippen molar-refractivity contribution in [3.05, 3.63) is 119 Å². The molecule has 4 aromatic carbocycles. The molecule has 18 heteroatoms. The van der Waals surface area contributed by atoms with E-state index in [4.69, 9.17) is 14.7 Å². The molecular formula is C64H73F4IN8O5. The summed E-state index contributed by atoms with van der Waals surface area (Å²) >= 11 is 1.60. The van der Waals surface area contributed by atoms with Gasteiger partial charge in [-0.1, -0.05) is 95.1 Å². The standard InChI is InChI=1S/C64H73F4IN8O5/c1-34(2)55(73-61(79)82-33-64(66,67)68)36(4)76-51-13-8-7-10-43(51)30-54(76)59-72-50-29-42(23-25-52(50)75(59)6)47-27-38-15-19-39-18-14-37(16-20-40(47)21-17-38)26-46(39)41-22-24-48-49(28-41)71-58(70-48)53-31-44-11-9-12-45-35(3)56(60(78)77(53)57(44)45)74-62(80)81-32-63(5,65)69/h14,17-18,21-29,34-35,43-45,51,53-57H,4,7-13,15-16,19-20,30-33H2,1-3,5-6H3,(H,70,71)(H,73,79)(H,74,80)/t35?,43-,44-,45?,51-,53-,54-,55-,56-,57+,63?/m0/s1. The lowest BCUT2D eigenvalue weighted by Gasteiger charge is -2.49. The molecule has 2 saturated carbocycles. The van der Waals surface area contributed by atoms with Crippen LogP contribution in [0.15, 0.2) is 85.1 Å². The average Bonchev–Trinajstić information content (AvgIpc) is 4.26. The summed E-state index contributed by atoms with van der Waals surface area (Å²) in [5, 5.41) is 5.56. The van der Waals surface area contributed by atoms with Crippen molar-refractivity contribution in [3.63, 3.8) is 0 Å². The van der Waals surface area contributed by atoms with Crippen LogP contribution < -0.4 is 10.6 Å². The number of fused-ring (bicyclic) bond motifs is 3. The van der Waals surface area contributed by atoms with Crippen LogP contribution in [-0.4, -0.2) is 94.6 Å². The third-order valence-electron chi connectivity index (χ3n) is 19.1. The van der Waals surface area contributed by atoms with Gasteiger partial charge in [-0.05, 0) is 192 Å². The molecule has 6 aliphatic carbocycles. The zero-order valence-electron chi connectivity index (χ0n) is 47.3. The van der Waals surface area contributed by atoms with Gasteiger partial charge in [0.2, 0.25) is 5.91 Å².